The normalized spacial score (nSPS) is 10.4. The van der Waals surface area contributed by atoms with Gasteiger partial charge in [0.2, 0.25) is 0 Å². The molecule has 0 aromatic heterocycles. The molecule has 0 unspecified atom stereocenters. The van der Waals surface area contributed by atoms with E-state index in [1.54, 1.807) is 22.5 Å². The van der Waals surface area contributed by atoms with Crippen LogP contribution in [0.5, 0.6) is 0 Å². The summed E-state index contributed by atoms with van der Waals surface area (Å²) in [6.45, 7) is 0. The van der Waals surface area contributed by atoms with Crippen LogP contribution in [0.25, 0.3) is 0 Å². The number of benzene rings is 2. The molecular weight excluding hydrogens is 275 g/mol. The minimum atomic E-state index is 0. The summed E-state index contributed by atoms with van der Waals surface area (Å²) in [5.74, 6) is 0. The number of hydrogen-bond acceptors (Lipinski definition) is 0. The molecule has 14 heavy (non-hydrogen) atoms. The Bertz CT molecular complexity index is 346. The first kappa shape index (κ1) is 9.78. The molecule has 0 nitrogen and oxygen atoms in total. The molecule has 0 aliphatic heterocycles. The standard InChI is InChI=1S/C13H11.Sn.H/c1-3-7-12(8-4-1)11-13-9-5-2-6-10-13;;/h1-11H;;/q;;-1. The quantitative estimate of drug-likeness (QED) is 0.745. The Labute approximate surface area is 99.5 Å². The molecule has 0 aliphatic rings. The molecule has 69 valence electrons. The van der Waals surface area contributed by atoms with Gasteiger partial charge >= 0.3 is 98.2 Å². The molecule has 0 spiro atoms. The summed E-state index contributed by atoms with van der Waals surface area (Å²) < 4.78 is 0.574. The summed E-state index contributed by atoms with van der Waals surface area (Å²) in [6.07, 6.45) is 0. The topological polar surface area (TPSA) is 0 Å². The van der Waals surface area contributed by atoms with E-state index in [0.29, 0.717) is 3.93 Å². The first-order valence-corrected chi connectivity index (χ1v) is 6.34. The van der Waals surface area contributed by atoms with Crippen LogP contribution in [0.1, 0.15) is 16.5 Å². The van der Waals surface area contributed by atoms with Crippen molar-refractivity contribution in [2.45, 2.75) is 3.93 Å². The third kappa shape index (κ3) is 2.18. The van der Waals surface area contributed by atoms with Crippen LogP contribution in [0.3, 0.4) is 0 Å². The van der Waals surface area contributed by atoms with E-state index >= 15 is 0 Å². The molecular formula is C13H12Sn-. The Hall–Kier alpha value is -0.761. The van der Waals surface area contributed by atoms with Crippen LogP contribution in [-0.2, 0) is 0 Å². The van der Waals surface area contributed by atoms with Crippen molar-refractivity contribution in [1.82, 2.24) is 0 Å². The Balaban J connectivity index is 0.00000112. The second-order valence-corrected chi connectivity index (χ2v) is 4.90. The van der Waals surface area contributed by atoms with Gasteiger partial charge in [0, 0.05) is 0 Å². The van der Waals surface area contributed by atoms with Gasteiger partial charge < -0.3 is 1.43 Å². The van der Waals surface area contributed by atoms with E-state index in [1.165, 1.54) is 11.1 Å². The van der Waals surface area contributed by atoms with Gasteiger partial charge in [-0.2, -0.15) is 0 Å². The van der Waals surface area contributed by atoms with Gasteiger partial charge in [0.15, 0.2) is 0 Å². The van der Waals surface area contributed by atoms with E-state index in [0.717, 1.165) is 0 Å². The summed E-state index contributed by atoms with van der Waals surface area (Å²) >= 11 is 1.54. The molecule has 0 aliphatic carbocycles. The zero-order valence-corrected chi connectivity index (χ0v) is 10.7. The average Bonchev–Trinajstić information content (AvgIpc) is 2.30. The molecule has 2 aromatic carbocycles. The second-order valence-electron chi connectivity index (χ2n) is 3.25. The first-order chi connectivity index (χ1) is 6.88. The van der Waals surface area contributed by atoms with Crippen molar-refractivity contribution < 1.29 is 1.43 Å². The molecule has 0 atom stereocenters. The number of hydrogen-bond donors (Lipinski definition) is 0. The Morgan fingerprint density at radius 2 is 1.07 bits per heavy atom. The van der Waals surface area contributed by atoms with Crippen LogP contribution >= 0.6 is 0 Å². The maximum atomic E-state index is 2.20. The Morgan fingerprint density at radius 1 is 0.714 bits per heavy atom. The summed E-state index contributed by atoms with van der Waals surface area (Å²) in [5, 5.41) is 0. The van der Waals surface area contributed by atoms with Crippen molar-refractivity contribution in [2.24, 2.45) is 0 Å². The predicted molar refractivity (Wildman–Crippen MR) is 61.6 cm³/mol. The zero-order chi connectivity index (χ0) is 9.80. The molecule has 0 amide bonds. The Morgan fingerprint density at radius 3 is 1.43 bits per heavy atom. The van der Waals surface area contributed by atoms with Crippen LogP contribution < -0.4 is 0 Å². The molecule has 0 saturated carbocycles. The molecule has 2 aromatic rings. The maximum absolute atomic E-state index is 2.20. The van der Waals surface area contributed by atoms with Crippen molar-refractivity contribution >= 4 is 22.5 Å². The third-order valence-corrected chi connectivity index (χ3v) is 4.17. The summed E-state index contributed by atoms with van der Waals surface area (Å²) in [4.78, 5) is 0. The molecule has 2 rings (SSSR count). The zero-order valence-electron chi connectivity index (χ0n) is 8.85. The fourth-order valence-electron chi connectivity index (χ4n) is 1.48. The van der Waals surface area contributed by atoms with E-state index < -0.39 is 0 Å². The van der Waals surface area contributed by atoms with Gasteiger partial charge in [-0.15, -0.1) is 0 Å². The van der Waals surface area contributed by atoms with E-state index in [9.17, 15) is 0 Å². The average molecular weight is 287 g/mol. The van der Waals surface area contributed by atoms with Gasteiger partial charge in [0.25, 0.3) is 0 Å². The fourth-order valence-corrected chi connectivity index (χ4v) is 2.58. The van der Waals surface area contributed by atoms with E-state index in [4.69, 9.17) is 0 Å². The molecule has 0 saturated heterocycles. The SMILES string of the molecule is [H-].[Sn][CH](c1ccccc1)c1ccccc1. The summed E-state index contributed by atoms with van der Waals surface area (Å²) in [6, 6.07) is 21.4. The second kappa shape index (κ2) is 4.65. The van der Waals surface area contributed by atoms with Gasteiger partial charge in [-0.25, -0.2) is 0 Å². The van der Waals surface area contributed by atoms with Gasteiger partial charge in [0.1, 0.15) is 0 Å². The van der Waals surface area contributed by atoms with Gasteiger partial charge in [0.05, 0.1) is 0 Å². The number of rotatable bonds is 2. The first-order valence-electron chi connectivity index (χ1n) is 4.69. The van der Waals surface area contributed by atoms with Crippen LogP contribution in [-0.4, -0.2) is 22.5 Å². The molecule has 1 heteroatoms. The van der Waals surface area contributed by atoms with E-state index in [2.05, 4.69) is 60.7 Å². The van der Waals surface area contributed by atoms with Crippen LogP contribution in [0.4, 0.5) is 0 Å². The molecule has 0 heterocycles. The van der Waals surface area contributed by atoms with Gasteiger partial charge in [-0.05, 0) is 0 Å². The molecule has 3 radical (unpaired) electrons. The predicted octanol–water partition coefficient (Wildman–Crippen LogP) is 3.06. The fraction of sp³-hybridized carbons (Fsp3) is 0.0769. The molecule has 0 N–H and O–H groups in total. The monoisotopic (exact) mass is 288 g/mol. The van der Waals surface area contributed by atoms with Crippen LogP contribution in [0.15, 0.2) is 60.7 Å². The van der Waals surface area contributed by atoms with E-state index in [-0.39, 0.29) is 1.43 Å². The summed E-state index contributed by atoms with van der Waals surface area (Å²) in [5.41, 5.74) is 2.83. The van der Waals surface area contributed by atoms with Crippen LogP contribution in [0.2, 0.25) is 0 Å². The molecule has 0 fully saturated rings. The van der Waals surface area contributed by atoms with Crippen LogP contribution in [0, 0.1) is 0 Å². The van der Waals surface area contributed by atoms with Crippen molar-refractivity contribution in [1.29, 1.82) is 0 Å². The van der Waals surface area contributed by atoms with Gasteiger partial charge in [-0.3, -0.25) is 0 Å². The van der Waals surface area contributed by atoms with Crippen molar-refractivity contribution in [2.75, 3.05) is 0 Å². The van der Waals surface area contributed by atoms with Crippen molar-refractivity contribution in [3.8, 4) is 0 Å². The van der Waals surface area contributed by atoms with Crippen molar-refractivity contribution in [3.63, 3.8) is 0 Å². The third-order valence-electron chi connectivity index (χ3n) is 2.27. The van der Waals surface area contributed by atoms with Gasteiger partial charge in [-0.1, -0.05) is 0 Å². The van der Waals surface area contributed by atoms with E-state index in [1.807, 2.05) is 0 Å². The Kier molecular flexibility index (Phi) is 3.25. The van der Waals surface area contributed by atoms with Crippen molar-refractivity contribution in [3.05, 3.63) is 71.8 Å². The molecule has 0 bridgehead atoms. The minimum absolute atomic E-state index is 0. The summed E-state index contributed by atoms with van der Waals surface area (Å²) in [7, 11) is 0.